The average Bonchev–Trinajstić information content (AvgIpc) is 2.45. The Morgan fingerprint density at radius 3 is 2.53 bits per heavy atom. The number of benzene rings is 1. The molecule has 2 N–H and O–H groups in total. The van der Waals surface area contributed by atoms with Gasteiger partial charge in [0, 0.05) is 32.5 Å². The summed E-state index contributed by atoms with van der Waals surface area (Å²) in [5.74, 6) is -0.222. The van der Waals surface area contributed by atoms with Gasteiger partial charge in [-0.3, -0.25) is 4.98 Å². The topological polar surface area (TPSA) is 42.2 Å². The minimum absolute atomic E-state index is 0.222. The number of hydrogen-bond donors (Lipinski definition) is 1. The number of aromatic nitrogens is 1. The van der Waals surface area contributed by atoms with E-state index in [-0.39, 0.29) is 5.82 Å². The molecule has 19 heavy (non-hydrogen) atoms. The molecule has 0 fully saturated rings. The lowest BCUT2D eigenvalue weighted by Crippen LogP contribution is -2.21. The minimum Gasteiger partial charge on any atom is -0.372 e. The maximum atomic E-state index is 13.9. The number of hydrogen-bond acceptors (Lipinski definition) is 3. The summed E-state index contributed by atoms with van der Waals surface area (Å²) in [6.07, 6.45) is 4.40. The van der Waals surface area contributed by atoms with Crippen LogP contribution in [0.2, 0.25) is 0 Å². The van der Waals surface area contributed by atoms with Crippen molar-refractivity contribution in [3.05, 3.63) is 59.7 Å². The number of likely N-dealkylation sites (N-methyl/N-ethyl adjacent to an activating group) is 1. The van der Waals surface area contributed by atoms with E-state index in [9.17, 15) is 4.39 Å². The van der Waals surface area contributed by atoms with Crippen LogP contribution in [0.5, 0.6) is 0 Å². The quantitative estimate of drug-likeness (QED) is 0.896. The van der Waals surface area contributed by atoms with Gasteiger partial charge in [0.05, 0.1) is 5.69 Å². The molecule has 0 unspecified atom stereocenters. The van der Waals surface area contributed by atoms with Gasteiger partial charge in [-0.2, -0.15) is 0 Å². The van der Waals surface area contributed by atoms with Crippen LogP contribution in [0.3, 0.4) is 0 Å². The molecule has 0 aliphatic heterocycles. The molecule has 3 nitrogen and oxygen atoms in total. The third kappa shape index (κ3) is 3.51. The second kappa shape index (κ2) is 6.29. The fraction of sp³-hybridized carbons (Fsp3) is 0.267. The highest BCUT2D eigenvalue weighted by molar-refractivity contribution is 5.48. The summed E-state index contributed by atoms with van der Waals surface area (Å²) in [6, 6.07) is 9.09. The van der Waals surface area contributed by atoms with E-state index in [1.165, 1.54) is 11.6 Å². The fourth-order valence-electron chi connectivity index (χ4n) is 1.95. The molecule has 2 rings (SSSR count). The van der Waals surface area contributed by atoms with E-state index < -0.39 is 0 Å². The van der Waals surface area contributed by atoms with Crippen LogP contribution in [0.15, 0.2) is 42.7 Å². The maximum absolute atomic E-state index is 13.9. The average molecular weight is 259 g/mol. The first-order valence-corrected chi connectivity index (χ1v) is 6.29. The number of nitrogens with two attached hydrogens (primary N) is 1. The number of anilines is 1. The second-order valence-electron chi connectivity index (χ2n) is 4.52. The largest absolute Gasteiger partial charge is 0.372 e. The van der Waals surface area contributed by atoms with Crippen molar-refractivity contribution in [3.63, 3.8) is 0 Å². The molecule has 0 radical (unpaired) electrons. The van der Waals surface area contributed by atoms with Crippen molar-refractivity contribution in [2.45, 2.75) is 13.0 Å². The number of rotatable bonds is 5. The molecule has 0 saturated carbocycles. The maximum Gasteiger partial charge on any atom is 0.146 e. The van der Waals surface area contributed by atoms with Gasteiger partial charge in [0.15, 0.2) is 0 Å². The summed E-state index contributed by atoms with van der Waals surface area (Å²) in [7, 11) is 1.89. The van der Waals surface area contributed by atoms with Gasteiger partial charge >= 0.3 is 0 Å². The lowest BCUT2D eigenvalue weighted by atomic mass is 10.1. The molecule has 0 spiro atoms. The van der Waals surface area contributed by atoms with Crippen LogP contribution in [-0.4, -0.2) is 18.6 Å². The summed E-state index contributed by atoms with van der Waals surface area (Å²) in [5.41, 5.74) is 8.10. The van der Waals surface area contributed by atoms with E-state index in [0.717, 1.165) is 18.5 Å². The summed E-state index contributed by atoms with van der Waals surface area (Å²) < 4.78 is 13.9. The molecule has 1 heterocycles. The van der Waals surface area contributed by atoms with Crippen molar-refractivity contribution in [2.24, 2.45) is 5.73 Å². The Bertz CT molecular complexity index is 528. The van der Waals surface area contributed by atoms with Crippen molar-refractivity contribution in [2.75, 3.05) is 18.5 Å². The van der Waals surface area contributed by atoms with Crippen molar-refractivity contribution in [3.8, 4) is 0 Å². The number of nitrogens with zero attached hydrogens (tertiary/aromatic N) is 2. The second-order valence-corrected chi connectivity index (χ2v) is 4.52. The van der Waals surface area contributed by atoms with Gasteiger partial charge in [-0.05, 0) is 41.8 Å². The highest BCUT2D eigenvalue weighted by Crippen LogP contribution is 2.19. The van der Waals surface area contributed by atoms with Gasteiger partial charge in [0.2, 0.25) is 0 Å². The van der Waals surface area contributed by atoms with Gasteiger partial charge in [0.1, 0.15) is 5.82 Å². The summed E-state index contributed by atoms with van der Waals surface area (Å²) in [6.45, 7) is 1.11. The molecule has 0 amide bonds. The minimum atomic E-state index is -0.222. The summed E-state index contributed by atoms with van der Waals surface area (Å²) >= 11 is 0. The van der Waals surface area contributed by atoms with Crippen LogP contribution >= 0.6 is 0 Å². The van der Waals surface area contributed by atoms with Gasteiger partial charge in [-0.15, -0.1) is 0 Å². The lowest BCUT2D eigenvalue weighted by Gasteiger charge is -2.20. The van der Waals surface area contributed by atoms with Crippen molar-refractivity contribution >= 4 is 5.69 Å². The molecule has 0 atom stereocenters. The fourth-order valence-corrected chi connectivity index (χ4v) is 1.95. The van der Waals surface area contributed by atoms with Crippen LogP contribution in [0, 0.1) is 5.82 Å². The SMILES string of the molecule is CN(CCc1ccncc1)c1ccc(CN)cc1F. The first-order valence-electron chi connectivity index (χ1n) is 6.29. The molecule has 100 valence electrons. The zero-order valence-corrected chi connectivity index (χ0v) is 11.0. The third-order valence-corrected chi connectivity index (χ3v) is 3.14. The molecular formula is C15H18FN3. The van der Waals surface area contributed by atoms with Crippen LogP contribution in [0.4, 0.5) is 10.1 Å². The monoisotopic (exact) mass is 259 g/mol. The van der Waals surface area contributed by atoms with Crippen LogP contribution in [0.1, 0.15) is 11.1 Å². The lowest BCUT2D eigenvalue weighted by molar-refractivity contribution is 0.620. The molecular weight excluding hydrogens is 241 g/mol. The molecule has 2 aromatic rings. The van der Waals surface area contributed by atoms with E-state index in [1.807, 2.05) is 30.1 Å². The molecule has 0 aliphatic carbocycles. The van der Waals surface area contributed by atoms with Crippen molar-refractivity contribution < 1.29 is 4.39 Å². The van der Waals surface area contributed by atoms with Gasteiger partial charge in [-0.25, -0.2) is 4.39 Å². The Labute approximate surface area is 112 Å². The first-order chi connectivity index (χ1) is 9.20. The molecule has 4 heteroatoms. The van der Waals surface area contributed by atoms with E-state index in [1.54, 1.807) is 18.5 Å². The zero-order chi connectivity index (χ0) is 13.7. The van der Waals surface area contributed by atoms with Gasteiger partial charge in [0.25, 0.3) is 0 Å². The Kier molecular flexibility index (Phi) is 4.47. The smallest absolute Gasteiger partial charge is 0.146 e. The third-order valence-electron chi connectivity index (χ3n) is 3.14. The summed E-state index contributed by atoms with van der Waals surface area (Å²) in [5, 5.41) is 0. The number of pyridine rings is 1. The van der Waals surface area contributed by atoms with Crippen molar-refractivity contribution in [1.82, 2.24) is 4.98 Å². The van der Waals surface area contributed by atoms with Gasteiger partial charge < -0.3 is 10.6 Å². The van der Waals surface area contributed by atoms with E-state index in [0.29, 0.717) is 12.2 Å². The van der Waals surface area contributed by atoms with E-state index in [4.69, 9.17) is 5.73 Å². The highest BCUT2D eigenvalue weighted by Gasteiger charge is 2.08. The Morgan fingerprint density at radius 2 is 1.89 bits per heavy atom. The summed E-state index contributed by atoms with van der Waals surface area (Å²) in [4.78, 5) is 5.89. The van der Waals surface area contributed by atoms with E-state index >= 15 is 0 Å². The van der Waals surface area contributed by atoms with Crippen molar-refractivity contribution in [1.29, 1.82) is 0 Å². The number of halogens is 1. The Morgan fingerprint density at radius 1 is 1.16 bits per heavy atom. The van der Waals surface area contributed by atoms with Crippen LogP contribution in [-0.2, 0) is 13.0 Å². The molecule has 0 bridgehead atoms. The predicted octanol–water partition coefficient (Wildman–Crippen LogP) is 2.36. The van der Waals surface area contributed by atoms with Crippen LogP contribution < -0.4 is 10.6 Å². The molecule has 0 aliphatic rings. The van der Waals surface area contributed by atoms with Gasteiger partial charge in [-0.1, -0.05) is 6.07 Å². The normalized spacial score (nSPS) is 10.5. The standard InChI is InChI=1S/C15H18FN3/c1-19(9-6-12-4-7-18-8-5-12)15-3-2-13(11-17)10-14(15)16/h2-5,7-8,10H,6,9,11,17H2,1H3. The molecule has 0 saturated heterocycles. The molecule has 1 aromatic heterocycles. The Hall–Kier alpha value is -1.94. The van der Waals surface area contributed by atoms with Crippen LogP contribution in [0.25, 0.3) is 0 Å². The highest BCUT2D eigenvalue weighted by atomic mass is 19.1. The first kappa shape index (κ1) is 13.5. The predicted molar refractivity (Wildman–Crippen MR) is 75.5 cm³/mol. The Balaban J connectivity index is 2.02. The molecule has 1 aromatic carbocycles. The zero-order valence-electron chi connectivity index (χ0n) is 11.0. The van der Waals surface area contributed by atoms with E-state index in [2.05, 4.69) is 4.98 Å².